The number of nitrogens with one attached hydrogen (secondary N) is 1. The summed E-state index contributed by atoms with van der Waals surface area (Å²) in [5.74, 6) is -0.311. The Morgan fingerprint density at radius 3 is 2.69 bits per heavy atom. The van der Waals surface area contributed by atoms with Crippen LogP contribution in [-0.4, -0.2) is 12.5 Å². The van der Waals surface area contributed by atoms with E-state index in [4.69, 9.17) is 28.9 Å². The summed E-state index contributed by atoms with van der Waals surface area (Å²) in [5.41, 5.74) is 6.07. The molecule has 88 valence electrons. The highest BCUT2D eigenvalue weighted by molar-refractivity contribution is 6.42. The maximum Gasteiger partial charge on any atom is 0.218 e. The minimum absolute atomic E-state index is 0.106. The number of nitrogens with two attached hydrogens (primary N) is 1. The number of hydrogen-bond donors (Lipinski definition) is 2. The second kappa shape index (κ2) is 6.09. The van der Waals surface area contributed by atoms with Crippen molar-refractivity contribution >= 4 is 29.1 Å². The van der Waals surface area contributed by atoms with Crippen molar-refractivity contribution in [2.24, 2.45) is 5.73 Å². The maximum absolute atomic E-state index is 10.6. The highest BCUT2D eigenvalue weighted by atomic mass is 35.5. The normalized spacial score (nSPS) is 12.4. The lowest BCUT2D eigenvalue weighted by molar-refractivity contribution is -0.117. The van der Waals surface area contributed by atoms with Crippen LogP contribution in [0, 0.1) is 0 Å². The molecule has 1 aromatic carbocycles. The minimum atomic E-state index is -0.311. The van der Waals surface area contributed by atoms with Crippen LogP contribution in [0.2, 0.25) is 10.0 Å². The van der Waals surface area contributed by atoms with E-state index in [9.17, 15) is 4.79 Å². The predicted molar refractivity (Wildman–Crippen MR) is 66.7 cm³/mol. The smallest absolute Gasteiger partial charge is 0.218 e. The van der Waals surface area contributed by atoms with Gasteiger partial charge in [0.2, 0.25) is 5.91 Å². The molecule has 1 atom stereocenters. The molecule has 1 rings (SSSR count). The lowest BCUT2D eigenvalue weighted by Gasteiger charge is -2.14. The molecule has 0 saturated carbocycles. The zero-order valence-electron chi connectivity index (χ0n) is 8.97. The van der Waals surface area contributed by atoms with Crippen LogP contribution in [0.4, 0.5) is 0 Å². The molecule has 16 heavy (non-hydrogen) atoms. The van der Waals surface area contributed by atoms with Crippen molar-refractivity contribution < 1.29 is 4.79 Å². The molecule has 0 aromatic heterocycles. The third-order valence-corrected chi connectivity index (χ3v) is 3.00. The molecule has 3 nitrogen and oxygen atoms in total. The van der Waals surface area contributed by atoms with Crippen molar-refractivity contribution in [2.45, 2.75) is 19.4 Å². The molecule has 1 amide bonds. The summed E-state index contributed by atoms with van der Waals surface area (Å²) in [6, 6.07) is 5.57. The van der Waals surface area contributed by atoms with Crippen LogP contribution in [0.5, 0.6) is 0 Å². The number of hydrogen-bond acceptors (Lipinski definition) is 2. The molecule has 0 radical (unpaired) electrons. The van der Waals surface area contributed by atoms with E-state index in [1.54, 1.807) is 6.07 Å². The second-order valence-corrected chi connectivity index (χ2v) is 4.38. The maximum atomic E-state index is 10.6. The van der Waals surface area contributed by atoms with Gasteiger partial charge in [-0.3, -0.25) is 4.79 Å². The Kier molecular flexibility index (Phi) is 5.06. The first-order valence-electron chi connectivity index (χ1n) is 4.97. The standard InChI is InChI=1S/C11H14Cl2N2O/c1-7(15-5-4-11(14)16)8-2-3-9(12)10(13)6-8/h2-3,6-7,15H,4-5H2,1H3,(H2,14,16). The van der Waals surface area contributed by atoms with Crippen LogP contribution in [0.3, 0.4) is 0 Å². The number of benzene rings is 1. The van der Waals surface area contributed by atoms with Crippen molar-refractivity contribution in [1.82, 2.24) is 5.32 Å². The van der Waals surface area contributed by atoms with E-state index in [1.807, 2.05) is 19.1 Å². The first kappa shape index (κ1) is 13.3. The molecule has 0 spiro atoms. The van der Waals surface area contributed by atoms with Crippen molar-refractivity contribution in [3.05, 3.63) is 33.8 Å². The van der Waals surface area contributed by atoms with Gasteiger partial charge in [-0.25, -0.2) is 0 Å². The third kappa shape index (κ3) is 4.00. The summed E-state index contributed by atoms with van der Waals surface area (Å²) >= 11 is 11.7. The Hall–Kier alpha value is -0.770. The Balaban J connectivity index is 2.55. The van der Waals surface area contributed by atoms with Gasteiger partial charge in [-0.05, 0) is 24.6 Å². The molecule has 0 aliphatic heterocycles. The molecule has 0 bridgehead atoms. The van der Waals surface area contributed by atoms with Gasteiger partial charge in [-0.1, -0.05) is 29.3 Å². The van der Waals surface area contributed by atoms with Gasteiger partial charge < -0.3 is 11.1 Å². The topological polar surface area (TPSA) is 55.1 Å². The highest BCUT2D eigenvalue weighted by Gasteiger charge is 2.07. The fraction of sp³-hybridized carbons (Fsp3) is 0.364. The quantitative estimate of drug-likeness (QED) is 0.855. The van der Waals surface area contributed by atoms with Crippen molar-refractivity contribution in [3.63, 3.8) is 0 Å². The Labute approximate surface area is 105 Å². The number of rotatable bonds is 5. The average molecular weight is 261 g/mol. The molecule has 0 fully saturated rings. The molecule has 1 aromatic rings. The van der Waals surface area contributed by atoms with Gasteiger partial charge in [0.05, 0.1) is 10.0 Å². The lowest BCUT2D eigenvalue weighted by Crippen LogP contribution is -2.24. The number of primary amides is 1. The lowest BCUT2D eigenvalue weighted by atomic mass is 10.1. The number of carbonyl (C=O) groups is 1. The van der Waals surface area contributed by atoms with Crippen LogP contribution in [0.15, 0.2) is 18.2 Å². The molecule has 1 unspecified atom stereocenters. The molecule has 3 N–H and O–H groups in total. The summed E-state index contributed by atoms with van der Waals surface area (Å²) in [6.07, 6.45) is 0.325. The van der Waals surface area contributed by atoms with Crippen LogP contribution >= 0.6 is 23.2 Å². The zero-order valence-corrected chi connectivity index (χ0v) is 10.5. The van der Waals surface area contributed by atoms with Crippen LogP contribution in [0.25, 0.3) is 0 Å². The van der Waals surface area contributed by atoms with E-state index in [0.29, 0.717) is 23.0 Å². The van der Waals surface area contributed by atoms with Gasteiger partial charge in [0.15, 0.2) is 0 Å². The SMILES string of the molecule is CC(NCCC(N)=O)c1ccc(Cl)c(Cl)c1. The average Bonchev–Trinajstić information content (AvgIpc) is 2.21. The van der Waals surface area contributed by atoms with Crippen molar-refractivity contribution in [1.29, 1.82) is 0 Å². The Morgan fingerprint density at radius 1 is 1.44 bits per heavy atom. The molecular formula is C11H14Cl2N2O. The molecule has 0 aliphatic rings. The summed E-state index contributed by atoms with van der Waals surface area (Å²) in [5, 5.41) is 4.24. The molecule has 0 heterocycles. The van der Waals surface area contributed by atoms with Gasteiger partial charge in [-0.15, -0.1) is 0 Å². The number of halogens is 2. The summed E-state index contributed by atoms with van der Waals surface area (Å²) < 4.78 is 0. The first-order chi connectivity index (χ1) is 7.50. The van der Waals surface area contributed by atoms with Crippen LogP contribution in [0.1, 0.15) is 24.9 Å². The van der Waals surface area contributed by atoms with Crippen molar-refractivity contribution in [2.75, 3.05) is 6.54 Å². The van der Waals surface area contributed by atoms with Gasteiger partial charge in [-0.2, -0.15) is 0 Å². The Bertz CT molecular complexity index is 382. The van der Waals surface area contributed by atoms with Crippen LogP contribution < -0.4 is 11.1 Å². The van der Waals surface area contributed by atoms with E-state index in [0.717, 1.165) is 5.56 Å². The third-order valence-electron chi connectivity index (χ3n) is 2.27. The highest BCUT2D eigenvalue weighted by Crippen LogP contribution is 2.25. The van der Waals surface area contributed by atoms with E-state index in [-0.39, 0.29) is 11.9 Å². The van der Waals surface area contributed by atoms with Gasteiger partial charge in [0, 0.05) is 19.0 Å². The van der Waals surface area contributed by atoms with E-state index < -0.39 is 0 Å². The molecule has 0 saturated heterocycles. The summed E-state index contributed by atoms with van der Waals surface area (Å²) in [6.45, 7) is 2.54. The largest absolute Gasteiger partial charge is 0.370 e. The predicted octanol–water partition coefficient (Wildman–Crippen LogP) is 2.52. The van der Waals surface area contributed by atoms with Gasteiger partial charge in [0.25, 0.3) is 0 Å². The number of carbonyl (C=O) groups excluding carboxylic acids is 1. The van der Waals surface area contributed by atoms with E-state index in [1.165, 1.54) is 0 Å². The monoisotopic (exact) mass is 260 g/mol. The Morgan fingerprint density at radius 2 is 2.12 bits per heavy atom. The molecule has 5 heteroatoms. The fourth-order valence-electron chi connectivity index (χ4n) is 1.31. The summed E-state index contributed by atoms with van der Waals surface area (Å²) in [7, 11) is 0. The van der Waals surface area contributed by atoms with E-state index >= 15 is 0 Å². The second-order valence-electron chi connectivity index (χ2n) is 3.57. The first-order valence-corrected chi connectivity index (χ1v) is 5.73. The zero-order chi connectivity index (χ0) is 12.1. The number of amides is 1. The minimum Gasteiger partial charge on any atom is -0.370 e. The van der Waals surface area contributed by atoms with E-state index in [2.05, 4.69) is 5.32 Å². The molecular weight excluding hydrogens is 247 g/mol. The molecule has 0 aliphatic carbocycles. The van der Waals surface area contributed by atoms with Gasteiger partial charge >= 0.3 is 0 Å². The van der Waals surface area contributed by atoms with Gasteiger partial charge in [0.1, 0.15) is 0 Å². The summed E-state index contributed by atoms with van der Waals surface area (Å²) in [4.78, 5) is 10.6. The van der Waals surface area contributed by atoms with Crippen LogP contribution in [-0.2, 0) is 4.79 Å². The van der Waals surface area contributed by atoms with Crippen molar-refractivity contribution in [3.8, 4) is 0 Å². The fourth-order valence-corrected chi connectivity index (χ4v) is 1.62.